The number of hydrogen-bond donors (Lipinski definition) is 4. The SMILES string of the molecule is CCCCCCCCN(C(=O)C(CS)NC(=O)OC(C)(C)C)C(C(=O)NC(Cc1ccccc1)C(=O)OC(C)(C)C)c1ccc(O)cc1. The Morgan fingerprint density at radius 1 is 0.792 bits per heavy atom. The Bertz CT molecular complexity index is 1310. The maximum absolute atomic E-state index is 14.4. The Hall–Kier alpha value is -3.73. The lowest BCUT2D eigenvalue weighted by Crippen LogP contribution is -2.55. The third-order valence-electron chi connectivity index (χ3n) is 7.27. The van der Waals surface area contributed by atoms with Crippen LogP contribution in [0.15, 0.2) is 54.6 Å². The average molecular weight is 686 g/mol. The largest absolute Gasteiger partial charge is 0.508 e. The Morgan fingerprint density at radius 2 is 1.38 bits per heavy atom. The van der Waals surface area contributed by atoms with Gasteiger partial charge in [0.15, 0.2) is 0 Å². The summed E-state index contributed by atoms with van der Waals surface area (Å²) in [6.07, 6.45) is 5.03. The van der Waals surface area contributed by atoms with Crippen molar-refractivity contribution in [3.8, 4) is 5.75 Å². The van der Waals surface area contributed by atoms with Crippen LogP contribution < -0.4 is 10.6 Å². The van der Waals surface area contributed by atoms with Crippen LogP contribution in [0.25, 0.3) is 0 Å². The fourth-order valence-corrected chi connectivity index (χ4v) is 5.31. The van der Waals surface area contributed by atoms with Gasteiger partial charge in [0, 0.05) is 18.7 Å². The van der Waals surface area contributed by atoms with E-state index >= 15 is 0 Å². The highest BCUT2D eigenvalue weighted by Gasteiger charge is 2.38. The molecule has 0 fully saturated rings. The summed E-state index contributed by atoms with van der Waals surface area (Å²) in [4.78, 5) is 56.4. The van der Waals surface area contributed by atoms with E-state index < -0.39 is 53.2 Å². The minimum Gasteiger partial charge on any atom is -0.508 e. The van der Waals surface area contributed by atoms with Crippen molar-refractivity contribution in [1.82, 2.24) is 15.5 Å². The van der Waals surface area contributed by atoms with Crippen molar-refractivity contribution < 1.29 is 33.8 Å². The number of amides is 3. The van der Waals surface area contributed by atoms with Crippen molar-refractivity contribution >= 4 is 36.5 Å². The molecule has 0 aliphatic carbocycles. The molecular formula is C37H55N3O7S. The van der Waals surface area contributed by atoms with Crippen LogP contribution in [0.3, 0.4) is 0 Å². The van der Waals surface area contributed by atoms with Crippen molar-refractivity contribution in [2.24, 2.45) is 0 Å². The number of phenolic OH excluding ortho intramolecular Hbond substituents is 1. The van der Waals surface area contributed by atoms with Crippen LogP contribution in [0.2, 0.25) is 0 Å². The summed E-state index contributed by atoms with van der Waals surface area (Å²) in [7, 11) is 0. The van der Waals surface area contributed by atoms with Crippen molar-refractivity contribution in [2.75, 3.05) is 12.3 Å². The maximum Gasteiger partial charge on any atom is 0.408 e. The molecule has 3 atom stereocenters. The zero-order valence-electron chi connectivity index (χ0n) is 29.6. The summed E-state index contributed by atoms with van der Waals surface area (Å²) in [5, 5.41) is 15.6. The zero-order chi connectivity index (χ0) is 35.9. The van der Waals surface area contributed by atoms with Gasteiger partial charge in [0.25, 0.3) is 0 Å². The van der Waals surface area contributed by atoms with E-state index in [1.165, 1.54) is 17.0 Å². The smallest absolute Gasteiger partial charge is 0.408 e. The molecule has 0 saturated heterocycles. The van der Waals surface area contributed by atoms with Gasteiger partial charge in [0.1, 0.15) is 35.1 Å². The van der Waals surface area contributed by atoms with Crippen LogP contribution in [0.5, 0.6) is 5.75 Å². The number of ether oxygens (including phenoxy) is 2. The van der Waals surface area contributed by atoms with E-state index in [2.05, 4.69) is 30.2 Å². The van der Waals surface area contributed by atoms with Crippen LogP contribution in [0.4, 0.5) is 4.79 Å². The topological polar surface area (TPSA) is 134 Å². The quantitative estimate of drug-likeness (QED) is 0.0847. The first-order chi connectivity index (χ1) is 22.5. The molecule has 2 aromatic rings. The number of nitrogens with one attached hydrogen (secondary N) is 2. The predicted octanol–water partition coefficient (Wildman–Crippen LogP) is 6.51. The van der Waals surface area contributed by atoms with Crippen LogP contribution >= 0.6 is 12.6 Å². The van der Waals surface area contributed by atoms with Gasteiger partial charge in [0.2, 0.25) is 11.8 Å². The summed E-state index contributed by atoms with van der Waals surface area (Å²) in [5.41, 5.74) is -0.370. The third-order valence-corrected chi connectivity index (χ3v) is 7.63. The van der Waals surface area contributed by atoms with Crippen LogP contribution in [0, 0.1) is 0 Å². The molecule has 3 N–H and O–H groups in total. The van der Waals surface area contributed by atoms with Gasteiger partial charge in [-0.1, -0.05) is 81.5 Å². The molecule has 0 spiro atoms. The fourth-order valence-electron chi connectivity index (χ4n) is 5.06. The number of benzene rings is 2. The van der Waals surface area contributed by atoms with E-state index in [1.807, 2.05) is 30.3 Å². The van der Waals surface area contributed by atoms with E-state index in [1.54, 1.807) is 53.7 Å². The van der Waals surface area contributed by atoms with Gasteiger partial charge < -0.3 is 30.1 Å². The molecular weight excluding hydrogens is 630 g/mol. The van der Waals surface area contributed by atoms with Gasteiger partial charge in [-0.25, -0.2) is 9.59 Å². The highest BCUT2D eigenvalue weighted by Crippen LogP contribution is 2.26. The fraction of sp³-hybridized carbons (Fsp3) is 0.568. The molecule has 0 heterocycles. The minimum atomic E-state index is -1.21. The summed E-state index contributed by atoms with van der Waals surface area (Å²) in [5.74, 6) is -1.82. The molecule has 0 saturated carbocycles. The molecule has 266 valence electrons. The van der Waals surface area contributed by atoms with Gasteiger partial charge in [-0.3, -0.25) is 9.59 Å². The monoisotopic (exact) mass is 685 g/mol. The first kappa shape index (κ1) is 40.4. The molecule has 0 aliphatic rings. The van der Waals surface area contributed by atoms with Crippen molar-refractivity contribution in [2.45, 2.75) is 123 Å². The molecule has 3 amide bonds. The lowest BCUT2D eigenvalue weighted by Gasteiger charge is -2.35. The second-order valence-corrected chi connectivity index (χ2v) is 14.3. The zero-order valence-corrected chi connectivity index (χ0v) is 30.5. The molecule has 11 heteroatoms. The van der Waals surface area contributed by atoms with Gasteiger partial charge in [-0.15, -0.1) is 0 Å². The molecule has 2 aromatic carbocycles. The number of hydrogen-bond acceptors (Lipinski definition) is 8. The third kappa shape index (κ3) is 14.6. The molecule has 0 radical (unpaired) electrons. The minimum absolute atomic E-state index is 0.0118. The lowest BCUT2D eigenvalue weighted by atomic mass is 10.00. The van der Waals surface area contributed by atoms with Crippen LogP contribution in [-0.2, 0) is 30.3 Å². The molecule has 48 heavy (non-hydrogen) atoms. The summed E-state index contributed by atoms with van der Waals surface area (Å²) >= 11 is 4.37. The number of nitrogens with zero attached hydrogens (tertiary/aromatic N) is 1. The van der Waals surface area contributed by atoms with E-state index in [-0.39, 0.29) is 24.5 Å². The van der Waals surface area contributed by atoms with E-state index in [0.717, 1.165) is 37.7 Å². The van der Waals surface area contributed by atoms with Gasteiger partial charge in [-0.05, 0) is 71.2 Å². The maximum atomic E-state index is 14.4. The summed E-state index contributed by atoms with van der Waals surface area (Å²) in [6.45, 7) is 12.7. The number of carbonyl (C=O) groups excluding carboxylic acids is 4. The molecule has 3 unspecified atom stereocenters. The van der Waals surface area contributed by atoms with Crippen molar-refractivity contribution in [3.05, 3.63) is 65.7 Å². The molecule has 2 rings (SSSR count). The Balaban J connectivity index is 2.55. The second kappa shape index (κ2) is 19.3. The average Bonchev–Trinajstić information content (AvgIpc) is 2.99. The number of esters is 1. The molecule has 0 aromatic heterocycles. The van der Waals surface area contributed by atoms with E-state index in [4.69, 9.17) is 9.47 Å². The highest BCUT2D eigenvalue weighted by atomic mass is 32.1. The summed E-state index contributed by atoms with van der Waals surface area (Å²) < 4.78 is 11.1. The van der Waals surface area contributed by atoms with Gasteiger partial charge in [-0.2, -0.15) is 12.6 Å². The van der Waals surface area contributed by atoms with Crippen LogP contribution in [0.1, 0.15) is 104 Å². The van der Waals surface area contributed by atoms with Gasteiger partial charge >= 0.3 is 12.1 Å². The number of rotatable bonds is 17. The Labute approximate surface area is 291 Å². The van der Waals surface area contributed by atoms with Crippen molar-refractivity contribution in [3.63, 3.8) is 0 Å². The molecule has 0 bridgehead atoms. The number of carbonyl (C=O) groups is 4. The number of phenols is 1. The summed E-state index contributed by atoms with van der Waals surface area (Å²) in [6, 6.07) is 11.9. The predicted molar refractivity (Wildman–Crippen MR) is 191 cm³/mol. The number of aromatic hydroxyl groups is 1. The number of thiol groups is 1. The standard InChI is InChI=1S/C37H55N3O7S/c1-8-9-10-11-12-16-23-40(33(43)30(25-48)39-35(45)47-37(5,6)7)31(27-19-21-28(41)22-20-27)32(42)38-29(34(44)46-36(2,3)4)24-26-17-14-13-15-18-26/h13-15,17-22,29-31,41,48H,8-12,16,23-25H2,1-7H3,(H,38,42)(H,39,45). The van der Waals surface area contributed by atoms with E-state index in [9.17, 15) is 24.3 Å². The molecule has 0 aliphatic heterocycles. The normalized spacial score (nSPS) is 13.5. The Morgan fingerprint density at radius 3 is 1.94 bits per heavy atom. The van der Waals surface area contributed by atoms with Crippen molar-refractivity contribution in [1.29, 1.82) is 0 Å². The first-order valence-electron chi connectivity index (χ1n) is 16.8. The highest BCUT2D eigenvalue weighted by molar-refractivity contribution is 7.80. The lowest BCUT2D eigenvalue weighted by molar-refractivity contribution is -0.159. The number of unbranched alkanes of at least 4 members (excludes halogenated alkanes) is 5. The van der Waals surface area contributed by atoms with Crippen LogP contribution in [-0.4, -0.2) is 69.5 Å². The van der Waals surface area contributed by atoms with Gasteiger partial charge in [0.05, 0.1) is 0 Å². The van der Waals surface area contributed by atoms with E-state index in [0.29, 0.717) is 12.0 Å². The first-order valence-corrected chi connectivity index (χ1v) is 17.4. The molecule has 10 nitrogen and oxygen atoms in total. The Kier molecular flexibility index (Phi) is 16.3. The number of alkyl carbamates (subject to hydrolysis) is 1. The second-order valence-electron chi connectivity index (χ2n) is 14.0.